The first kappa shape index (κ1) is 11.7. The third kappa shape index (κ3) is 2.49. The highest BCUT2D eigenvalue weighted by Crippen LogP contribution is 2.09. The Morgan fingerprint density at radius 3 is 2.41 bits per heavy atom. The fourth-order valence-corrected chi connectivity index (χ4v) is 1.87. The molecule has 1 aromatic heterocycles. The van der Waals surface area contributed by atoms with Crippen LogP contribution in [0, 0.1) is 6.92 Å². The molecule has 0 bridgehead atoms. The fraction of sp³-hybridized carbons (Fsp3) is 0.417. The maximum absolute atomic E-state index is 11.9. The number of carbonyl (C=O) groups excluding carboxylic acids is 2. The van der Waals surface area contributed by atoms with Crippen LogP contribution in [-0.2, 0) is 4.79 Å². The van der Waals surface area contributed by atoms with Gasteiger partial charge in [-0.1, -0.05) is 0 Å². The van der Waals surface area contributed by atoms with Crippen LogP contribution in [0.5, 0.6) is 0 Å². The van der Waals surface area contributed by atoms with E-state index in [9.17, 15) is 9.59 Å². The van der Waals surface area contributed by atoms with E-state index < -0.39 is 0 Å². The largest absolute Gasteiger partial charge is 0.459 e. The maximum Gasteiger partial charge on any atom is 0.289 e. The van der Waals surface area contributed by atoms with Crippen LogP contribution in [0.3, 0.4) is 0 Å². The van der Waals surface area contributed by atoms with Crippen molar-refractivity contribution in [3.05, 3.63) is 31.1 Å². The summed E-state index contributed by atoms with van der Waals surface area (Å²) >= 11 is 0. The third-order valence-corrected chi connectivity index (χ3v) is 2.87. The van der Waals surface area contributed by atoms with Crippen molar-refractivity contribution >= 4 is 11.8 Å². The van der Waals surface area contributed by atoms with E-state index in [1.807, 2.05) is 0 Å². The van der Waals surface area contributed by atoms with Crippen molar-refractivity contribution in [2.24, 2.45) is 0 Å². The highest BCUT2D eigenvalue weighted by Gasteiger charge is 2.25. The molecule has 5 heteroatoms. The Labute approximate surface area is 100.0 Å². The van der Waals surface area contributed by atoms with Gasteiger partial charge in [-0.2, -0.15) is 0 Å². The molecule has 0 N–H and O–H groups in total. The van der Waals surface area contributed by atoms with Gasteiger partial charge in [0.2, 0.25) is 5.91 Å². The summed E-state index contributed by atoms with van der Waals surface area (Å²) in [7, 11) is 0. The van der Waals surface area contributed by atoms with Crippen LogP contribution in [-0.4, -0.2) is 47.8 Å². The minimum absolute atomic E-state index is 0.0371. The molecule has 0 spiro atoms. The summed E-state index contributed by atoms with van der Waals surface area (Å²) < 4.78 is 5.06. The number of hydrogen-bond acceptors (Lipinski definition) is 3. The van der Waals surface area contributed by atoms with Crippen molar-refractivity contribution in [1.82, 2.24) is 9.80 Å². The molecule has 0 saturated carbocycles. The van der Waals surface area contributed by atoms with Crippen molar-refractivity contribution in [2.45, 2.75) is 6.42 Å². The van der Waals surface area contributed by atoms with E-state index in [0.717, 1.165) is 0 Å². The molecular formula is C12H15N2O3. The predicted octanol–water partition coefficient (Wildman–Crippen LogP) is 0.788. The number of nitrogens with zero attached hydrogens (tertiary/aromatic N) is 2. The number of piperazine rings is 1. The van der Waals surface area contributed by atoms with Crippen molar-refractivity contribution in [3.8, 4) is 0 Å². The van der Waals surface area contributed by atoms with Gasteiger partial charge in [-0.25, -0.2) is 0 Å². The Hall–Kier alpha value is -1.78. The molecule has 0 aliphatic carbocycles. The SMILES string of the molecule is [CH2]CC(=O)N1CCN(C(=O)c2ccco2)CC1. The molecule has 1 fully saturated rings. The highest BCUT2D eigenvalue weighted by atomic mass is 16.3. The molecule has 1 saturated heterocycles. The highest BCUT2D eigenvalue weighted by molar-refractivity contribution is 5.91. The Balaban J connectivity index is 1.91. The van der Waals surface area contributed by atoms with Crippen LogP contribution in [0.4, 0.5) is 0 Å². The van der Waals surface area contributed by atoms with E-state index in [-0.39, 0.29) is 18.2 Å². The zero-order chi connectivity index (χ0) is 12.3. The van der Waals surface area contributed by atoms with E-state index in [1.165, 1.54) is 6.26 Å². The molecule has 1 radical (unpaired) electrons. The smallest absolute Gasteiger partial charge is 0.289 e. The molecule has 2 amide bonds. The van der Waals surface area contributed by atoms with Gasteiger partial charge in [0.15, 0.2) is 5.76 Å². The standard InChI is InChI=1S/C12H15N2O3/c1-2-11(15)13-5-7-14(8-6-13)12(16)10-4-3-9-17-10/h3-4,9H,1-2,5-8H2. The summed E-state index contributed by atoms with van der Waals surface area (Å²) in [6.45, 7) is 5.80. The fourth-order valence-electron chi connectivity index (χ4n) is 1.87. The molecule has 1 aromatic rings. The monoisotopic (exact) mass is 235 g/mol. The predicted molar refractivity (Wildman–Crippen MR) is 61.2 cm³/mol. The minimum Gasteiger partial charge on any atom is -0.459 e. The molecule has 91 valence electrons. The normalized spacial score (nSPS) is 16.1. The van der Waals surface area contributed by atoms with E-state index in [1.54, 1.807) is 21.9 Å². The molecule has 1 aliphatic heterocycles. The topological polar surface area (TPSA) is 53.8 Å². The Morgan fingerprint density at radius 2 is 1.88 bits per heavy atom. The van der Waals surface area contributed by atoms with Gasteiger partial charge in [0.1, 0.15) is 0 Å². The molecular weight excluding hydrogens is 220 g/mol. The first-order valence-electron chi connectivity index (χ1n) is 5.62. The summed E-state index contributed by atoms with van der Waals surface area (Å²) in [6.07, 6.45) is 1.75. The van der Waals surface area contributed by atoms with Gasteiger partial charge in [-0.3, -0.25) is 9.59 Å². The van der Waals surface area contributed by atoms with Gasteiger partial charge in [0.25, 0.3) is 5.91 Å². The zero-order valence-electron chi connectivity index (χ0n) is 9.59. The van der Waals surface area contributed by atoms with Crippen molar-refractivity contribution < 1.29 is 14.0 Å². The quantitative estimate of drug-likeness (QED) is 0.761. The number of carbonyl (C=O) groups is 2. The van der Waals surface area contributed by atoms with Gasteiger partial charge < -0.3 is 14.2 Å². The molecule has 2 rings (SSSR count). The Kier molecular flexibility index (Phi) is 3.46. The first-order chi connectivity index (χ1) is 8.22. The lowest BCUT2D eigenvalue weighted by atomic mass is 10.2. The van der Waals surface area contributed by atoms with E-state index in [4.69, 9.17) is 4.42 Å². The minimum atomic E-state index is -0.114. The van der Waals surface area contributed by atoms with Crippen LogP contribution in [0.1, 0.15) is 17.0 Å². The average Bonchev–Trinajstić information content (AvgIpc) is 2.91. The zero-order valence-corrected chi connectivity index (χ0v) is 9.59. The van der Waals surface area contributed by atoms with E-state index >= 15 is 0 Å². The number of furan rings is 1. The molecule has 0 unspecified atom stereocenters. The lowest BCUT2D eigenvalue weighted by Crippen LogP contribution is -2.50. The first-order valence-corrected chi connectivity index (χ1v) is 5.62. The van der Waals surface area contributed by atoms with E-state index in [2.05, 4.69) is 6.92 Å². The van der Waals surface area contributed by atoms with Crippen molar-refractivity contribution in [3.63, 3.8) is 0 Å². The van der Waals surface area contributed by atoms with Gasteiger partial charge in [-0.05, 0) is 19.1 Å². The second-order valence-electron chi connectivity index (χ2n) is 3.90. The number of hydrogen-bond donors (Lipinski definition) is 0. The van der Waals surface area contributed by atoms with Crippen molar-refractivity contribution in [2.75, 3.05) is 26.2 Å². The summed E-state index contributed by atoms with van der Waals surface area (Å²) in [5.41, 5.74) is 0. The summed E-state index contributed by atoms with van der Waals surface area (Å²) in [5, 5.41) is 0. The number of rotatable bonds is 2. The van der Waals surface area contributed by atoms with Crippen LogP contribution < -0.4 is 0 Å². The summed E-state index contributed by atoms with van der Waals surface area (Å²) in [6, 6.07) is 3.34. The molecule has 0 aromatic carbocycles. The van der Waals surface area contributed by atoms with Crippen LogP contribution in [0.15, 0.2) is 22.8 Å². The molecule has 2 heterocycles. The summed E-state index contributed by atoms with van der Waals surface area (Å²) in [5.74, 6) is 0.272. The average molecular weight is 235 g/mol. The lowest BCUT2D eigenvalue weighted by molar-refractivity contribution is -0.131. The second-order valence-corrected chi connectivity index (χ2v) is 3.90. The molecule has 1 aliphatic rings. The Bertz CT molecular complexity index is 392. The van der Waals surface area contributed by atoms with Crippen LogP contribution >= 0.6 is 0 Å². The third-order valence-electron chi connectivity index (χ3n) is 2.87. The van der Waals surface area contributed by atoms with Gasteiger partial charge in [0, 0.05) is 32.6 Å². The van der Waals surface area contributed by atoms with Crippen LogP contribution in [0.2, 0.25) is 0 Å². The van der Waals surface area contributed by atoms with Crippen LogP contribution in [0.25, 0.3) is 0 Å². The molecule has 17 heavy (non-hydrogen) atoms. The van der Waals surface area contributed by atoms with Crippen molar-refractivity contribution in [1.29, 1.82) is 0 Å². The lowest BCUT2D eigenvalue weighted by Gasteiger charge is -2.34. The molecule has 0 atom stereocenters. The Morgan fingerprint density at radius 1 is 1.24 bits per heavy atom. The summed E-state index contributed by atoms with van der Waals surface area (Å²) in [4.78, 5) is 26.8. The van der Waals surface area contributed by atoms with Gasteiger partial charge in [0.05, 0.1) is 6.26 Å². The second kappa shape index (κ2) is 5.03. The van der Waals surface area contributed by atoms with E-state index in [0.29, 0.717) is 31.9 Å². The van der Waals surface area contributed by atoms with Gasteiger partial charge in [-0.15, -0.1) is 0 Å². The van der Waals surface area contributed by atoms with Gasteiger partial charge >= 0.3 is 0 Å². The maximum atomic E-state index is 11.9. The number of amides is 2. The molecule has 5 nitrogen and oxygen atoms in total.